The van der Waals surface area contributed by atoms with Crippen molar-refractivity contribution in [2.75, 3.05) is 0 Å². The lowest BCUT2D eigenvalue weighted by atomic mass is 9.31. The van der Waals surface area contributed by atoms with Gasteiger partial charge in [-0.25, -0.2) is 0 Å². The topological polar surface area (TPSA) is 0 Å². The number of rotatable bonds is 3. The first-order valence-electron chi connectivity index (χ1n) is 8.46. The van der Waals surface area contributed by atoms with Crippen molar-refractivity contribution in [1.29, 1.82) is 0 Å². The van der Waals surface area contributed by atoms with Gasteiger partial charge >= 0.3 is 0 Å². The molecule has 0 N–H and O–H groups in total. The summed E-state index contributed by atoms with van der Waals surface area (Å²) in [4.78, 5) is 0. The van der Waals surface area contributed by atoms with Crippen LogP contribution in [0.15, 0.2) is 47.0 Å². The molecule has 1 saturated carbocycles. The van der Waals surface area contributed by atoms with Crippen LogP contribution in [-0.2, 0) is 0 Å². The number of allylic oxidation sites excluding steroid dienone is 2. The molecule has 1 aliphatic carbocycles. The lowest BCUT2D eigenvalue weighted by Crippen LogP contribution is -2.30. The van der Waals surface area contributed by atoms with Crippen LogP contribution in [0.3, 0.4) is 0 Å². The molecular weight excluding hydrogens is 255 g/mol. The third-order valence-electron chi connectivity index (χ3n) is 5.95. The summed E-state index contributed by atoms with van der Waals surface area (Å²) in [5, 5.41) is 0. The van der Waals surface area contributed by atoms with E-state index in [1.165, 1.54) is 44.8 Å². The first kappa shape index (κ1) is 14.2. The molecule has 0 unspecified atom stereocenters. The van der Waals surface area contributed by atoms with Gasteiger partial charge in [0.2, 0.25) is 0 Å². The van der Waals surface area contributed by atoms with Gasteiger partial charge in [-0.2, -0.15) is 0 Å². The van der Waals surface area contributed by atoms with Crippen molar-refractivity contribution >= 4 is 14.8 Å². The Morgan fingerprint density at radius 1 is 1.15 bits per heavy atom. The molecule has 3 aliphatic heterocycles. The standard InChI is InChI=1S/C18H27BSi/c1-4-19-16-11-7-9-15(10-8-12-16)17-13-20(5-2,6-3)14-18(17)19/h5-6,13-16H,2-4,7-12H2,1H3. The molecule has 0 spiro atoms. The average molecular weight is 282 g/mol. The molecule has 0 aromatic rings. The second-order valence-corrected chi connectivity index (χ2v) is 10.3. The minimum Gasteiger partial charge on any atom is -0.106 e. The van der Waals surface area contributed by atoms with E-state index in [4.69, 9.17) is 0 Å². The van der Waals surface area contributed by atoms with E-state index in [0.717, 1.165) is 18.4 Å². The minimum absolute atomic E-state index is 0.804. The fourth-order valence-corrected chi connectivity index (χ4v) is 7.38. The highest BCUT2D eigenvalue weighted by Gasteiger charge is 2.41. The maximum absolute atomic E-state index is 4.13. The maximum atomic E-state index is 4.13. The Bertz CT molecular complexity index is 456. The van der Waals surface area contributed by atoms with E-state index in [2.05, 4.69) is 42.9 Å². The van der Waals surface area contributed by atoms with E-state index in [1.54, 1.807) is 11.0 Å². The third-order valence-corrected chi connectivity index (χ3v) is 8.99. The molecule has 0 atom stereocenters. The normalized spacial score (nSPS) is 31.6. The predicted molar refractivity (Wildman–Crippen MR) is 93.5 cm³/mol. The molecule has 0 aromatic carbocycles. The molecule has 20 heavy (non-hydrogen) atoms. The van der Waals surface area contributed by atoms with Crippen LogP contribution in [0.25, 0.3) is 0 Å². The van der Waals surface area contributed by atoms with Crippen LogP contribution in [0.5, 0.6) is 0 Å². The molecule has 4 rings (SSSR count). The molecule has 0 amide bonds. The summed E-state index contributed by atoms with van der Waals surface area (Å²) in [5.74, 6) is 1.75. The van der Waals surface area contributed by atoms with Crippen molar-refractivity contribution in [1.82, 2.24) is 0 Å². The first-order chi connectivity index (χ1) is 9.73. The second kappa shape index (κ2) is 5.56. The number of fused-ring (bicyclic) bond motifs is 4. The fourth-order valence-electron chi connectivity index (χ4n) is 4.80. The quantitative estimate of drug-likeness (QED) is 0.621. The molecule has 2 saturated heterocycles. The van der Waals surface area contributed by atoms with Gasteiger partial charge in [-0.1, -0.05) is 78.6 Å². The average Bonchev–Trinajstić information content (AvgIpc) is 2.79. The van der Waals surface area contributed by atoms with Gasteiger partial charge in [0.25, 0.3) is 0 Å². The fraction of sp³-hybridized carbons (Fsp3) is 0.556. The molecule has 2 bridgehead atoms. The number of hydrogen-bond acceptors (Lipinski definition) is 0. The SMILES string of the molecule is C=C[Si]1(C=C)C=C2B(CC)C3CCCC(CCC3)C2=C1. The van der Waals surface area contributed by atoms with Crippen LogP contribution in [0.2, 0.25) is 12.1 Å². The van der Waals surface area contributed by atoms with E-state index < -0.39 is 8.07 Å². The van der Waals surface area contributed by atoms with E-state index in [1.807, 2.05) is 0 Å². The van der Waals surface area contributed by atoms with E-state index >= 15 is 0 Å². The van der Waals surface area contributed by atoms with Crippen LogP contribution >= 0.6 is 0 Å². The monoisotopic (exact) mass is 282 g/mol. The van der Waals surface area contributed by atoms with Crippen molar-refractivity contribution < 1.29 is 0 Å². The Labute approximate surface area is 125 Å². The maximum Gasteiger partial charge on any atom is 0.178 e. The molecule has 3 heterocycles. The highest BCUT2D eigenvalue weighted by molar-refractivity contribution is 6.99. The zero-order valence-electron chi connectivity index (χ0n) is 12.9. The second-order valence-electron chi connectivity index (χ2n) is 6.94. The summed E-state index contributed by atoms with van der Waals surface area (Å²) in [5.41, 5.74) is 13.1. The Hall–Kier alpha value is -0.758. The lowest BCUT2D eigenvalue weighted by molar-refractivity contribution is 0.414. The van der Waals surface area contributed by atoms with Gasteiger partial charge in [0.05, 0.1) is 0 Å². The Morgan fingerprint density at radius 3 is 2.35 bits per heavy atom. The van der Waals surface area contributed by atoms with Gasteiger partial charge in [-0.05, 0) is 18.8 Å². The van der Waals surface area contributed by atoms with Gasteiger partial charge in [0.1, 0.15) is 8.07 Å². The van der Waals surface area contributed by atoms with E-state index in [0.29, 0.717) is 0 Å². The molecular formula is C18H27BSi. The molecule has 0 aromatic heterocycles. The van der Waals surface area contributed by atoms with Gasteiger partial charge in [-0.3, -0.25) is 0 Å². The van der Waals surface area contributed by atoms with Crippen molar-refractivity contribution in [2.24, 2.45) is 5.92 Å². The molecule has 4 aliphatic rings. The van der Waals surface area contributed by atoms with Crippen molar-refractivity contribution in [3.63, 3.8) is 0 Å². The predicted octanol–water partition coefficient (Wildman–Crippen LogP) is 5.24. The molecule has 0 nitrogen and oxygen atoms in total. The lowest BCUT2D eigenvalue weighted by Gasteiger charge is -2.36. The van der Waals surface area contributed by atoms with Crippen molar-refractivity contribution in [2.45, 2.75) is 57.6 Å². The molecule has 2 heteroatoms. The van der Waals surface area contributed by atoms with Gasteiger partial charge in [0, 0.05) is 0 Å². The smallest absolute Gasteiger partial charge is 0.106 e. The summed E-state index contributed by atoms with van der Waals surface area (Å²) in [6.45, 7) is 11.4. The Kier molecular flexibility index (Phi) is 3.94. The summed E-state index contributed by atoms with van der Waals surface area (Å²) < 4.78 is 0. The van der Waals surface area contributed by atoms with Gasteiger partial charge < -0.3 is 0 Å². The van der Waals surface area contributed by atoms with Gasteiger partial charge in [0.15, 0.2) is 6.71 Å². The Balaban J connectivity index is 2.10. The zero-order valence-corrected chi connectivity index (χ0v) is 13.9. The summed E-state index contributed by atoms with van der Waals surface area (Å²) in [7, 11) is -1.67. The molecule has 106 valence electrons. The number of hydrogen-bond donors (Lipinski definition) is 0. The van der Waals surface area contributed by atoms with Crippen LogP contribution in [-0.4, -0.2) is 14.8 Å². The largest absolute Gasteiger partial charge is 0.178 e. The van der Waals surface area contributed by atoms with Crippen molar-refractivity contribution in [3.05, 3.63) is 47.0 Å². The highest BCUT2D eigenvalue weighted by Crippen LogP contribution is 2.47. The van der Waals surface area contributed by atoms with Crippen LogP contribution in [0.4, 0.5) is 0 Å². The van der Waals surface area contributed by atoms with Gasteiger partial charge in [-0.15, -0.1) is 13.2 Å². The van der Waals surface area contributed by atoms with Crippen LogP contribution in [0.1, 0.15) is 45.4 Å². The zero-order chi connectivity index (χ0) is 14.2. The third kappa shape index (κ3) is 2.22. The summed E-state index contributed by atoms with van der Waals surface area (Å²) in [6.07, 6.45) is 9.91. The first-order valence-corrected chi connectivity index (χ1v) is 10.8. The minimum atomic E-state index is -1.67. The summed E-state index contributed by atoms with van der Waals surface area (Å²) >= 11 is 0. The summed E-state index contributed by atoms with van der Waals surface area (Å²) in [6, 6.07) is 0. The van der Waals surface area contributed by atoms with Crippen LogP contribution in [0, 0.1) is 5.92 Å². The Morgan fingerprint density at radius 2 is 1.80 bits per heavy atom. The van der Waals surface area contributed by atoms with Crippen molar-refractivity contribution in [3.8, 4) is 0 Å². The van der Waals surface area contributed by atoms with E-state index in [9.17, 15) is 0 Å². The van der Waals surface area contributed by atoms with Crippen LogP contribution < -0.4 is 0 Å². The molecule has 0 radical (unpaired) electrons. The highest BCUT2D eigenvalue weighted by atomic mass is 28.3. The van der Waals surface area contributed by atoms with E-state index in [-0.39, 0.29) is 0 Å². The molecule has 3 fully saturated rings.